The molecule has 0 aromatic heterocycles. The van der Waals surface area contributed by atoms with Gasteiger partial charge in [0.15, 0.2) is 0 Å². The Morgan fingerprint density at radius 3 is 2.31 bits per heavy atom. The van der Waals surface area contributed by atoms with Crippen LogP contribution in [-0.4, -0.2) is 20.4 Å². The van der Waals surface area contributed by atoms with Gasteiger partial charge >= 0.3 is 0 Å². The Labute approximate surface area is 168 Å². The lowest BCUT2D eigenvalue weighted by Gasteiger charge is -2.12. The third-order valence-electron chi connectivity index (χ3n) is 4.89. The minimum absolute atomic E-state index is 0.0940. The molecule has 2 N–H and O–H groups in total. The van der Waals surface area contributed by atoms with E-state index in [0.717, 1.165) is 11.1 Å². The van der Waals surface area contributed by atoms with Crippen LogP contribution in [-0.2, 0) is 22.9 Å². The van der Waals surface area contributed by atoms with Crippen molar-refractivity contribution in [3.05, 3.63) is 95.3 Å². The lowest BCUT2D eigenvalue weighted by atomic mass is 10.1. The van der Waals surface area contributed by atoms with E-state index in [2.05, 4.69) is 10.0 Å². The van der Waals surface area contributed by atoms with E-state index in [0.29, 0.717) is 24.1 Å². The number of rotatable bonds is 5. The number of hydrogen-bond acceptors (Lipinski definition) is 3. The fourth-order valence-corrected chi connectivity index (χ4v) is 4.54. The Kier molecular flexibility index (Phi) is 5.07. The topological polar surface area (TPSA) is 75.3 Å². The molecule has 4 rings (SSSR count). The number of benzene rings is 3. The highest BCUT2D eigenvalue weighted by molar-refractivity contribution is 7.92. The number of fused-ring (bicyclic) bond motifs is 1. The molecule has 3 aromatic carbocycles. The Hall–Kier alpha value is -3.19. The molecule has 5 nitrogen and oxygen atoms in total. The summed E-state index contributed by atoms with van der Waals surface area (Å²) in [6, 6.07) is 18.9. The van der Waals surface area contributed by atoms with Crippen LogP contribution in [0.3, 0.4) is 0 Å². The Bertz CT molecular complexity index is 1150. The summed E-state index contributed by atoms with van der Waals surface area (Å²) < 4.78 is 40.6. The number of anilines is 1. The summed E-state index contributed by atoms with van der Waals surface area (Å²) in [4.78, 5) is 12.5. The Morgan fingerprint density at radius 1 is 0.897 bits per heavy atom. The smallest absolute Gasteiger partial charge is 0.261 e. The first-order valence-corrected chi connectivity index (χ1v) is 10.7. The van der Waals surface area contributed by atoms with Gasteiger partial charge < -0.3 is 5.32 Å². The van der Waals surface area contributed by atoms with Crippen molar-refractivity contribution in [2.45, 2.75) is 23.8 Å². The Morgan fingerprint density at radius 2 is 1.59 bits per heavy atom. The Balaban J connectivity index is 1.44. The van der Waals surface area contributed by atoms with E-state index >= 15 is 0 Å². The van der Waals surface area contributed by atoms with Gasteiger partial charge in [-0.1, -0.05) is 24.3 Å². The third-order valence-corrected chi connectivity index (χ3v) is 6.28. The number of amides is 1. The van der Waals surface area contributed by atoms with Crippen LogP contribution >= 0.6 is 0 Å². The van der Waals surface area contributed by atoms with Crippen LogP contribution in [0.5, 0.6) is 0 Å². The molecule has 3 aromatic rings. The van der Waals surface area contributed by atoms with E-state index in [4.69, 9.17) is 0 Å². The molecule has 1 amide bonds. The van der Waals surface area contributed by atoms with Gasteiger partial charge in [0, 0.05) is 17.3 Å². The van der Waals surface area contributed by atoms with Crippen molar-refractivity contribution < 1.29 is 17.6 Å². The highest BCUT2D eigenvalue weighted by atomic mass is 32.2. The van der Waals surface area contributed by atoms with E-state index in [1.807, 2.05) is 6.07 Å². The molecule has 148 valence electrons. The third kappa shape index (κ3) is 4.30. The van der Waals surface area contributed by atoms with Gasteiger partial charge in [-0.3, -0.25) is 9.52 Å². The van der Waals surface area contributed by atoms with E-state index < -0.39 is 10.0 Å². The van der Waals surface area contributed by atoms with E-state index in [1.165, 1.54) is 36.4 Å². The fourth-order valence-electron chi connectivity index (χ4n) is 3.47. The van der Waals surface area contributed by atoms with Crippen molar-refractivity contribution in [1.82, 2.24) is 5.32 Å². The van der Waals surface area contributed by atoms with E-state index in [9.17, 15) is 17.6 Å². The molecule has 7 heteroatoms. The van der Waals surface area contributed by atoms with Crippen LogP contribution in [0.4, 0.5) is 10.1 Å². The number of halogens is 1. The second kappa shape index (κ2) is 7.67. The van der Waals surface area contributed by atoms with E-state index in [1.54, 1.807) is 30.3 Å². The van der Waals surface area contributed by atoms with Crippen molar-refractivity contribution in [2.75, 3.05) is 4.72 Å². The van der Waals surface area contributed by atoms with Gasteiger partial charge in [-0.15, -0.1) is 0 Å². The van der Waals surface area contributed by atoms with Gasteiger partial charge in [0.1, 0.15) is 5.82 Å². The molecular formula is C22H19FN2O3S. The minimum atomic E-state index is -3.65. The zero-order chi connectivity index (χ0) is 20.4. The van der Waals surface area contributed by atoms with Crippen molar-refractivity contribution in [3.63, 3.8) is 0 Å². The predicted octanol–water partition coefficient (Wildman–Crippen LogP) is 3.52. The van der Waals surface area contributed by atoms with Gasteiger partial charge in [0.2, 0.25) is 0 Å². The van der Waals surface area contributed by atoms with E-state index in [-0.39, 0.29) is 22.7 Å². The van der Waals surface area contributed by atoms with Crippen LogP contribution < -0.4 is 10.0 Å². The molecule has 0 spiro atoms. The number of sulfonamides is 1. The molecular weight excluding hydrogens is 391 g/mol. The highest BCUT2D eigenvalue weighted by Crippen LogP contribution is 2.27. The fraction of sp³-hybridized carbons (Fsp3) is 0.136. The average Bonchev–Trinajstić information content (AvgIpc) is 3.10. The zero-order valence-corrected chi connectivity index (χ0v) is 16.2. The first-order chi connectivity index (χ1) is 13.9. The molecule has 0 saturated carbocycles. The second-order valence-corrected chi connectivity index (χ2v) is 8.67. The normalized spacial score (nSPS) is 15.6. The summed E-state index contributed by atoms with van der Waals surface area (Å²) >= 11 is 0. The number of hydrogen-bond donors (Lipinski definition) is 2. The predicted molar refractivity (Wildman–Crippen MR) is 109 cm³/mol. The van der Waals surface area contributed by atoms with Crippen LogP contribution in [0.15, 0.2) is 77.7 Å². The molecule has 1 aliphatic carbocycles. The highest BCUT2D eigenvalue weighted by Gasteiger charge is 2.24. The summed E-state index contributed by atoms with van der Waals surface area (Å²) in [6.07, 6.45) is 1.26. The van der Waals surface area contributed by atoms with Gasteiger partial charge in [-0.05, 0) is 72.5 Å². The molecule has 0 aliphatic heterocycles. The minimum Gasteiger partial charge on any atom is -0.349 e. The monoisotopic (exact) mass is 410 g/mol. The number of carbonyl (C=O) groups is 1. The SMILES string of the molecule is O=C(NC1Cc2ccc(NS(=O)(=O)c3ccccc3)cc2C1)c1ccc(F)cc1. The van der Waals surface area contributed by atoms with Gasteiger partial charge in [-0.25, -0.2) is 12.8 Å². The van der Waals surface area contributed by atoms with Crippen molar-refractivity contribution >= 4 is 21.6 Å². The number of carbonyl (C=O) groups excluding carboxylic acids is 1. The summed E-state index contributed by atoms with van der Waals surface area (Å²) in [7, 11) is -3.65. The lowest BCUT2D eigenvalue weighted by Crippen LogP contribution is -2.35. The summed E-state index contributed by atoms with van der Waals surface area (Å²) in [5.41, 5.74) is 2.94. The van der Waals surface area contributed by atoms with Crippen LogP contribution in [0.25, 0.3) is 0 Å². The van der Waals surface area contributed by atoms with Gasteiger partial charge in [0.25, 0.3) is 15.9 Å². The second-order valence-electron chi connectivity index (χ2n) is 6.99. The van der Waals surface area contributed by atoms with Gasteiger partial charge in [-0.2, -0.15) is 0 Å². The maximum atomic E-state index is 13.0. The molecule has 0 saturated heterocycles. The molecule has 0 heterocycles. The molecule has 29 heavy (non-hydrogen) atoms. The lowest BCUT2D eigenvalue weighted by molar-refractivity contribution is 0.0938. The van der Waals surface area contributed by atoms with Crippen molar-refractivity contribution in [3.8, 4) is 0 Å². The summed E-state index contributed by atoms with van der Waals surface area (Å²) in [6.45, 7) is 0. The summed E-state index contributed by atoms with van der Waals surface area (Å²) in [5.74, 6) is -0.645. The largest absolute Gasteiger partial charge is 0.349 e. The van der Waals surface area contributed by atoms with Crippen molar-refractivity contribution in [2.24, 2.45) is 0 Å². The summed E-state index contributed by atoms with van der Waals surface area (Å²) in [5, 5.41) is 2.96. The molecule has 1 unspecified atom stereocenters. The maximum Gasteiger partial charge on any atom is 0.261 e. The first-order valence-electron chi connectivity index (χ1n) is 9.17. The average molecular weight is 410 g/mol. The van der Waals surface area contributed by atoms with Crippen LogP contribution in [0.2, 0.25) is 0 Å². The molecule has 0 radical (unpaired) electrons. The van der Waals surface area contributed by atoms with Crippen LogP contribution in [0.1, 0.15) is 21.5 Å². The number of nitrogens with one attached hydrogen (secondary N) is 2. The standard InChI is InChI=1S/C22H19FN2O3S/c23-18-9-6-15(7-10-18)22(26)24-20-12-16-8-11-19(13-17(16)14-20)25-29(27,28)21-4-2-1-3-5-21/h1-11,13,20,25H,12,14H2,(H,24,26). The zero-order valence-electron chi connectivity index (χ0n) is 15.4. The quantitative estimate of drug-likeness (QED) is 0.676. The molecule has 1 atom stereocenters. The van der Waals surface area contributed by atoms with Gasteiger partial charge in [0.05, 0.1) is 4.90 Å². The maximum absolute atomic E-state index is 13.0. The first kappa shape index (κ1) is 19.1. The van der Waals surface area contributed by atoms with Crippen LogP contribution in [0, 0.1) is 5.82 Å². The molecule has 0 bridgehead atoms. The molecule has 1 aliphatic rings. The van der Waals surface area contributed by atoms with Crippen molar-refractivity contribution in [1.29, 1.82) is 0 Å². The molecule has 0 fully saturated rings.